The number of carbonyl (C=O) groups is 1. The summed E-state index contributed by atoms with van der Waals surface area (Å²) in [6, 6.07) is 0. The first kappa shape index (κ1) is 15.9. The molecule has 1 rings (SSSR count). The molecule has 1 amide bonds. The second-order valence-corrected chi connectivity index (χ2v) is 5.39. The van der Waals surface area contributed by atoms with Crippen LogP contribution in [0.5, 0.6) is 0 Å². The number of rotatable bonds is 4. The molecule has 1 fully saturated rings. The van der Waals surface area contributed by atoms with Crippen LogP contribution in [0.15, 0.2) is 11.4 Å². The summed E-state index contributed by atoms with van der Waals surface area (Å²) in [5.41, 5.74) is -1.76. The second kappa shape index (κ2) is 5.11. The molecule has 1 atom stereocenters. The molecule has 0 aliphatic heterocycles. The SMILES string of the molecule is C/C(=C(/F)C(=O)NC(C)(C)C(O)C(F)(F)F)C1CC1. The van der Waals surface area contributed by atoms with Crippen molar-refractivity contribution in [1.29, 1.82) is 0 Å². The molecule has 110 valence electrons. The fraction of sp³-hybridized carbons (Fsp3) is 0.750. The molecule has 1 unspecified atom stereocenters. The standard InChI is InChI=1S/C12H17F4NO2/c1-6(7-4-5-7)8(13)9(18)17-11(2,3)10(19)12(14,15)16/h7,10,19H,4-5H2,1-3H3,(H,17,18)/b8-6-. The minimum absolute atomic E-state index is 0.00130. The summed E-state index contributed by atoms with van der Waals surface area (Å²) in [6.07, 6.45) is -6.09. The molecule has 0 aromatic heterocycles. The predicted molar refractivity (Wildman–Crippen MR) is 60.8 cm³/mol. The van der Waals surface area contributed by atoms with Crippen LogP contribution in [0.4, 0.5) is 17.6 Å². The highest BCUT2D eigenvalue weighted by Gasteiger charge is 2.49. The van der Waals surface area contributed by atoms with E-state index in [-0.39, 0.29) is 11.5 Å². The average Bonchev–Trinajstić information content (AvgIpc) is 3.07. The normalized spacial score (nSPS) is 19.8. The van der Waals surface area contributed by atoms with Crippen LogP contribution >= 0.6 is 0 Å². The lowest BCUT2D eigenvalue weighted by molar-refractivity contribution is -0.223. The van der Waals surface area contributed by atoms with E-state index in [1.165, 1.54) is 6.92 Å². The van der Waals surface area contributed by atoms with Crippen LogP contribution in [0, 0.1) is 5.92 Å². The van der Waals surface area contributed by atoms with E-state index in [1.807, 2.05) is 5.32 Å². The van der Waals surface area contributed by atoms with Gasteiger partial charge >= 0.3 is 6.18 Å². The van der Waals surface area contributed by atoms with Gasteiger partial charge in [-0.15, -0.1) is 0 Å². The molecule has 7 heteroatoms. The van der Waals surface area contributed by atoms with Crippen molar-refractivity contribution < 1.29 is 27.5 Å². The lowest BCUT2D eigenvalue weighted by Gasteiger charge is -2.32. The number of nitrogens with one attached hydrogen (secondary N) is 1. The summed E-state index contributed by atoms with van der Waals surface area (Å²) in [6.45, 7) is 3.42. The number of hydrogen-bond acceptors (Lipinski definition) is 2. The lowest BCUT2D eigenvalue weighted by Crippen LogP contribution is -2.57. The summed E-state index contributed by atoms with van der Waals surface area (Å²) in [7, 11) is 0. The van der Waals surface area contributed by atoms with Gasteiger partial charge in [-0.25, -0.2) is 4.39 Å². The van der Waals surface area contributed by atoms with Crippen molar-refractivity contribution in [3.8, 4) is 0 Å². The van der Waals surface area contributed by atoms with Crippen LogP contribution in [-0.4, -0.2) is 28.8 Å². The van der Waals surface area contributed by atoms with Crippen molar-refractivity contribution in [2.75, 3.05) is 0 Å². The Kier molecular flexibility index (Phi) is 4.29. The summed E-state index contributed by atoms with van der Waals surface area (Å²) >= 11 is 0. The summed E-state index contributed by atoms with van der Waals surface area (Å²) in [5, 5.41) is 11.0. The van der Waals surface area contributed by atoms with Crippen molar-refractivity contribution in [2.45, 2.75) is 51.4 Å². The van der Waals surface area contributed by atoms with Gasteiger partial charge < -0.3 is 10.4 Å². The smallest absolute Gasteiger partial charge is 0.382 e. The highest BCUT2D eigenvalue weighted by Crippen LogP contribution is 2.38. The molecule has 19 heavy (non-hydrogen) atoms. The Morgan fingerprint density at radius 3 is 2.16 bits per heavy atom. The van der Waals surface area contributed by atoms with Crippen molar-refractivity contribution in [3.63, 3.8) is 0 Å². The predicted octanol–water partition coefficient (Wildman–Crippen LogP) is 2.46. The molecule has 0 saturated heterocycles. The quantitative estimate of drug-likeness (QED) is 0.615. The van der Waals surface area contributed by atoms with Gasteiger partial charge in [-0.1, -0.05) is 0 Å². The molecular weight excluding hydrogens is 266 g/mol. The maximum Gasteiger partial charge on any atom is 0.416 e. The van der Waals surface area contributed by atoms with Crippen molar-refractivity contribution in [1.82, 2.24) is 5.32 Å². The first-order valence-electron chi connectivity index (χ1n) is 5.90. The molecule has 3 nitrogen and oxygen atoms in total. The lowest BCUT2D eigenvalue weighted by atomic mass is 9.96. The number of hydrogen-bond donors (Lipinski definition) is 2. The number of carbonyl (C=O) groups excluding carboxylic acids is 1. The summed E-state index contributed by atoms with van der Waals surface area (Å²) in [5.74, 6) is -2.29. The van der Waals surface area contributed by atoms with Gasteiger partial charge in [-0.05, 0) is 45.1 Å². The van der Waals surface area contributed by atoms with E-state index in [0.717, 1.165) is 26.7 Å². The molecule has 0 spiro atoms. The zero-order chi connectivity index (χ0) is 15.0. The van der Waals surface area contributed by atoms with Crippen LogP contribution in [0.2, 0.25) is 0 Å². The van der Waals surface area contributed by atoms with E-state index < -0.39 is 29.6 Å². The van der Waals surface area contributed by atoms with Crippen LogP contribution in [-0.2, 0) is 4.79 Å². The minimum Gasteiger partial charge on any atom is -0.382 e. The van der Waals surface area contributed by atoms with Crippen molar-refractivity contribution >= 4 is 5.91 Å². The number of allylic oxidation sites excluding steroid dienone is 1. The third-order valence-electron chi connectivity index (χ3n) is 3.16. The first-order chi connectivity index (χ1) is 8.47. The molecule has 1 aliphatic carbocycles. The Labute approximate surface area is 108 Å². The average molecular weight is 283 g/mol. The van der Waals surface area contributed by atoms with Gasteiger partial charge in [0.25, 0.3) is 5.91 Å². The van der Waals surface area contributed by atoms with Gasteiger partial charge in [-0.3, -0.25) is 4.79 Å². The Morgan fingerprint density at radius 2 is 1.79 bits per heavy atom. The Morgan fingerprint density at radius 1 is 1.32 bits per heavy atom. The molecule has 0 bridgehead atoms. The van der Waals surface area contributed by atoms with E-state index in [4.69, 9.17) is 5.11 Å². The van der Waals surface area contributed by atoms with Gasteiger partial charge in [-0.2, -0.15) is 13.2 Å². The van der Waals surface area contributed by atoms with Gasteiger partial charge in [0.1, 0.15) is 0 Å². The van der Waals surface area contributed by atoms with Gasteiger partial charge in [0.15, 0.2) is 11.9 Å². The topological polar surface area (TPSA) is 49.3 Å². The largest absolute Gasteiger partial charge is 0.416 e. The second-order valence-electron chi connectivity index (χ2n) is 5.39. The number of aliphatic hydroxyl groups excluding tert-OH is 1. The third-order valence-corrected chi connectivity index (χ3v) is 3.16. The van der Waals surface area contributed by atoms with Crippen LogP contribution in [0.1, 0.15) is 33.6 Å². The fourth-order valence-electron chi connectivity index (χ4n) is 1.70. The summed E-state index contributed by atoms with van der Waals surface area (Å²) < 4.78 is 50.8. The first-order valence-corrected chi connectivity index (χ1v) is 5.90. The zero-order valence-corrected chi connectivity index (χ0v) is 10.9. The third kappa shape index (κ3) is 3.92. The molecular formula is C12H17F4NO2. The van der Waals surface area contributed by atoms with Crippen LogP contribution in [0.25, 0.3) is 0 Å². The Balaban J connectivity index is 2.78. The van der Waals surface area contributed by atoms with E-state index in [2.05, 4.69) is 0 Å². The molecule has 0 aromatic carbocycles. The van der Waals surface area contributed by atoms with Crippen LogP contribution in [0.3, 0.4) is 0 Å². The zero-order valence-electron chi connectivity index (χ0n) is 10.9. The van der Waals surface area contributed by atoms with Crippen LogP contribution < -0.4 is 5.32 Å². The van der Waals surface area contributed by atoms with E-state index in [0.29, 0.717) is 0 Å². The minimum atomic E-state index is -4.89. The fourth-order valence-corrected chi connectivity index (χ4v) is 1.70. The van der Waals surface area contributed by atoms with Gasteiger partial charge in [0.05, 0.1) is 5.54 Å². The highest BCUT2D eigenvalue weighted by molar-refractivity contribution is 5.92. The maximum atomic E-state index is 13.7. The Bertz CT molecular complexity index is 397. The van der Waals surface area contributed by atoms with E-state index in [9.17, 15) is 22.4 Å². The van der Waals surface area contributed by atoms with Gasteiger partial charge in [0.2, 0.25) is 0 Å². The summed E-state index contributed by atoms with van der Waals surface area (Å²) in [4.78, 5) is 11.5. The van der Waals surface area contributed by atoms with Crippen molar-refractivity contribution in [3.05, 3.63) is 11.4 Å². The van der Waals surface area contributed by atoms with Gasteiger partial charge in [0, 0.05) is 0 Å². The van der Waals surface area contributed by atoms with E-state index in [1.54, 1.807) is 0 Å². The Hall–Kier alpha value is -1.11. The van der Waals surface area contributed by atoms with E-state index >= 15 is 0 Å². The number of aliphatic hydroxyl groups is 1. The van der Waals surface area contributed by atoms with Crippen molar-refractivity contribution in [2.24, 2.45) is 5.92 Å². The molecule has 0 heterocycles. The molecule has 1 aliphatic rings. The number of alkyl halides is 3. The molecule has 0 radical (unpaired) electrons. The maximum absolute atomic E-state index is 13.7. The highest BCUT2D eigenvalue weighted by atomic mass is 19.4. The monoisotopic (exact) mass is 283 g/mol. The molecule has 2 N–H and O–H groups in total. The molecule has 0 aromatic rings. The number of halogens is 4. The number of amides is 1. The molecule has 1 saturated carbocycles.